The van der Waals surface area contributed by atoms with Gasteiger partial charge in [0.15, 0.2) is 6.61 Å². The van der Waals surface area contributed by atoms with Crippen molar-refractivity contribution in [2.45, 2.75) is 31.0 Å². The molecule has 2 atom stereocenters. The standard InChI is InChI=1S/C20H23N3O7S/c1-14-11-22(12-15(2)30-14)31(27,28)19-9-3-16(4-10-19)21-20(24)13-29-18-7-5-17(6-8-18)23(25)26/h3-10,14-15H,11-13H2,1-2H3,(H,21,24). The van der Waals surface area contributed by atoms with Crippen molar-refractivity contribution in [2.24, 2.45) is 0 Å². The minimum absolute atomic E-state index is 0.0761. The second kappa shape index (κ2) is 9.41. The largest absolute Gasteiger partial charge is 0.484 e. The van der Waals surface area contributed by atoms with Crippen LogP contribution in [0.5, 0.6) is 5.75 Å². The maximum Gasteiger partial charge on any atom is 0.269 e. The molecule has 1 amide bonds. The van der Waals surface area contributed by atoms with Gasteiger partial charge in [0.2, 0.25) is 10.0 Å². The van der Waals surface area contributed by atoms with Crippen molar-refractivity contribution in [3.05, 3.63) is 58.6 Å². The number of nitro benzene ring substituents is 1. The average molecular weight is 449 g/mol. The van der Waals surface area contributed by atoms with Crippen molar-refractivity contribution in [3.63, 3.8) is 0 Å². The first kappa shape index (κ1) is 22.7. The van der Waals surface area contributed by atoms with Gasteiger partial charge in [-0.1, -0.05) is 0 Å². The fourth-order valence-electron chi connectivity index (χ4n) is 3.20. The molecule has 1 aliphatic rings. The molecule has 1 saturated heterocycles. The molecule has 1 fully saturated rings. The zero-order valence-electron chi connectivity index (χ0n) is 17.1. The number of benzene rings is 2. The molecule has 11 heteroatoms. The van der Waals surface area contributed by atoms with E-state index in [-0.39, 0.29) is 42.5 Å². The number of sulfonamides is 1. The quantitative estimate of drug-likeness (QED) is 0.508. The predicted octanol–water partition coefficient (Wildman–Crippen LogP) is 2.41. The Kier molecular flexibility index (Phi) is 6.88. The topological polar surface area (TPSA) is 128 Å². The van der Waals surface area contributed by atoms with Crippen LogP contribution in [0.25, 0.3) is 0 Å². The van der Waals surface area contributed by atoms with Gasteiger partial charge < -0.3 is 14.8 Å². The number of hydrogen-bond acceptors (Lipinski definition) is 7. The maximum atomic E-state index is 12.9. The molecule has 0 spiro atoms. The Bertz CT molecular complexity index is 1030. The lowest BCUT2D eigenvalue weighted by atomic mass is 10.3. The summed E-state index contributed by atoms with van der Waals surface area (Å²) < 4.78 is 38.0. The lowest BCUT2D eigenvalue weighted by molar-refractivity contribution is -0.384. The van der Waals surface area contributed by atoms with Gasteiger partial charge in [-0.05, 0) is 50.2 Å². The number of ether oxygens (including phenoxy) is 2. The molecule has 166 valence electrons. The molecule has 0 aliphatic carbocycles. The van der Waals surface area contributed by atoms with Crippen LogP contribution in [0.1, 0.15) is 13.8 Å². The van der Waals surface area contributed by atoms with Crippen molar-refractivity contribution in [3.8, 4) is 5.75 Å². The molecule has 1 aliphatic heterocycles. The molecule has 2 aromatic carbocycles. The minimum atomic E-state index is -3.66. The Hall–Kier alpha value is -3.02. The molecule has 3 rings (SSSR count). The van der Waals surface area contributed by atoms with E-state index in [1.807, 2.05) is 13.8 Å². The van der Waals surface area contributed by atoms with Crippen LogP contribution in [-0.2, 0) is 19.6 Å². The normalized spacial score (nSPS) is 19.5. The third-order valence-corrected chi connectivity index (χ3v) is 6.43. The van der Waals surface area contributed by atoms with Crippen LogP contribution in [0.15, 0.2) is 53.4 Å². The summed E-state index contributed by atoms with van der Waals surface area (Å²) in [5, 5.41) is 13.3. The van der Waals surface area contributed by atoms with Gasteiger partial charge in [0, 0.05) is 30.9 Å². The van der Waals surface area contributed by atoms with E-state index >= 15 is 0 Å². The molecule has 0 saturated carbocycles. The number of non-ortho nitro benzene ring substituents is 1. The van der Waals surface area contributed by atoms with E-state index in [1.54, 1.807) is 0 Å². The number of carbonyl (C=O) groups excluding carboxylic acids is 1. The van der Waals surface area contributed by atoms with Crippen molar-refractivity contribution >= 4 is 27.3 Å². The maximum absolute atomic E-state index is 12.9. The van der Waals surface area contributed by atoms with Gasteiger partial charge in [0.25, 0.3) is 11.6 Å². The van der Waals surface area contributed by atoms with Crippen molar-refractivity contribution in [1.82, 2.24) is 4.31 Å². The number of amides is 1. The highest BCUT2D eigenvalue weighted by atomic mass is 32.2. The second-order valence-corrected chi connectivity index (χ2v) is 9.13. The zero-order valence-corrected chi connectivity index (χ0v) is 17.9. The molecular weight excluding hydrogens is 426 g/mol. The lowest BCUT2D eigenvalue weighted by Crippen LogP contribution is -2.48. The molecule has 1 heterocycles. The van der Waals surface area contributed by atoms with Crippen LogP contribution in [0.2, 0.25) is 0 Å². The van der Waals surface area contributed by atoms with E-state index < -0.39 is 20.9 Å². The van der Waals surface area contributed by atoms with Gasteiger partial charge in [-0.3, -0.25) is 14.9 Å². The summed E-state index contributed by atoms with van der Waals surface area (Å²) in [5.74, 6) is -0.138. The van der Waals surface area contributed by atoms with Crippen molar-refractivity contribution < 1.29 is 27.6 Å². The van der Waals surface area contributed by atoms with E-state index in [0.29, 0.717) is 11.4 Å². The van der Waals surface area contributed by atoms with Gasteiger partial charge in [-0.25, -0.2) is 8.42 Å². The SMILES string of the molecule is CC1CN(S(=O)(=O)c2ccc(NC(=O)COc3ccc([N+](=O)[O-])cc3)cc2)CC(C)O1. The number of nitrogens with one attached hydrogen (secondary N) is 1. The Morgan fingerprint density at radius 1 is 1.13 bits per heavy atom. The van der Waals surface area contributed by atoms with Crippen molar-refractivity contribution in [2.75, 3.05) is 25.0 Å². The number of carbonyl (C=O) groups is 1. The van der Waals surface area contributed by atoms with Crippen LogP contribution < -0.4 is 10.1 Å². The fourth-order valence-corrected chi connectivity index (χ4v) is 4.79. The van der Waals surface area contributed by atoms with Gasteiger partial charge in [0.1, 0.15) is 5.75 Å². The third kappa shape index (κ3) is 5.78. The number of hydrogen-bond donors (Lipinski definition) is 1. The van der Waals surface area contributed by atoms with Crippen LogP contribution in [0.4, 0.5) is 11.4 Å². The Morgan fingerprint density at radius 2 is 1.71 bits per heavy atom. The van der Waals surface area contributed by atoms with E-state index in [4.69, 9.17) is 9.47 Å². The molecule has 1 N–H and O–H groups in total. The monoisotopic (exact) mass is 449 g/mol. The highest BCUT2D eigenvalue weighted by Crippen LogP contribution is 2.22. The lowest BCUT2D eigenvalue weighted by Gasteiger charge is -2.34. The number of nitro groups is 1. The van der Waals surface area contributed by atoms with E-state index in [0.717, 1.165) is 0 Å². The smallest absolute Gasteiger partial charge is 0.269 e. The van der Waals surface area contributed by atoms with E-state index in [1.165, 1.54) is 52.8 Å². The Balaban J connectivity index is 1.57. The van der Waals surface area contributed by atoms with Crippen LogP contribution in [-0.4, -0.2) is 55.5 Å². The first-order valence-corrected chi connectivity index (χ1v) is 11.0. The average Bonchev–Trinajstić information content (AvgIpc) is 2.72. The zero-order chi connectivity index (χ0) is 22.6. The Labute approximate surface area is 180 Å². The fraction of sp³-hybridized carbons (Fsp3) is 0.350. The van der Waals surface area contributed by atoms with Gasteiger partial charge in [0.05, 0.1) is 22.0 Å². The van der Waals surface area contributed by atoms with E-state index in [2.05, 4.69) is 5.32 Å². The Morgan fingerprint density at radius 3 is 2.26 bits per heavy atom. The molecule has 10 nitrogen and oxygen atoms in total. The summed E-state index contributed by atoms with van der Waals surface area (Å²) in [7, 11) is -3.66. The van der Waals surface area contributed by atoms with E-state index in [9.17, 15) is 23.3 Å². The van der Waals surface area contributed by atoms with Crippen molar-refractivity contribution in [1.29, 1.82) is 0 Å². The predicted molar refractivity (Wildman–Crippen MR) is 112 cm³/mol. The molecule has 2 aromatic rings. The first-order chi connectivity index (χ1) is 14.6. The van der Waals surface area contributed by atoms with Crippen LogP contribution >= 0.6 is 0 Å². The van der Waals surface area contributed by atoms with Gasteiger partial charge in [-0.15, -0.1) is 0 Å². The molecule has 2 unspecified atom stereocenters. The van der Waals surface area contributed by atoms with Gasteiger partial charge >= 0.3 is 0 Å². The molecule has 0 radical (unpaired) electrons. The summed E-state index contributed by atoms with van der Waals surface area (Å²) in [6.07, 6.45) is -0.374. The van der Waals surface area contributed by atoms with Crippen LogP contribution in [0, 0.1) is 10.1 Å². The molecule has 0 bridgehead atoms. The van der Waals surface area contributed by atoms with Gasteiger partial charge in [-0.2, -0.15) is 4.31 Å². The van der Waals surface area contributed by atoms with Crippen LogP contribution in [0.3, 0.4) is 0 Å². The molecular formula is C20H23N3O7S. The third-order valence-electron chi connectivity index (χ3n) is 4.58. The number of morpholine rings is 1. The highest BCUT2D eigenvalue weighted by molar-refractivity contribution is 7.89. The summed E-state index contributed by atoms with van der Waals surface area (Å²) in [6.45, 7) is 3.92. The number of rotatable bonds is 7. The number of anilines is 1. The summed E-state index contributed by atoms with van der Waals surface area (Å²) >= 11 is 0. The highest BCUT2D eigenvalue weighted by Gasteiger charge is 2.32. The molecule has 0 aromatic heterocycles. The summed E-state index contributed by atoms with van der Waals surface area (Å²) in [6, 6.07) is 11.2. The molecule has 31 heavy (non-hydrogen) atoms. The summed E-state index contributed by atoms with van der Waals surface area (Å²) in [5.41, 5.74) is 0.341. The first-order valence-electron chi connectivity index (χ1n) is 9.58. The summed E-state index contributed by atoms with van der Waals surface area (Å²) in [4.78, 5) is 22.3. The minimum Gasteiger partial charge on any atom is -0.484 e. The number of nitrogens with zero attached hydrogens (tertiary/aromatic N) is 2. The second-order valence-electron chi connectivity index (χ2n) is 7.19.